The van der Waals surface area contributed by atoms with Gasteiger partial charge in [-0.1, -0.05) is 27.7 Å². The van der Waals surface area contributed by atoms with Crippen molar-refractivity contribution in [1.82, 2.24) is 20.2 Å². The van der Waals surface area contributed by atoms with Crippen LogP contribution < -0.4 is 10.2 Å². The smallest absolute Gasteiger partial charge is 0.289 e. The van der Waals surface area contributed by atoms with Crippen LogP contribution >= 0.6 is 0 Å². The zero-order valence-corrected chi connectivity index (χ0v) is 17.9. The molecule has 0 spiro atoms. The summed E-state index contributed by atoms with van der Waals surface area (Å²) in [5, 5.41) is 12.6. The predicted molar refractivity (Wildman–Crippen MR) is 111 cm³/mol. The molecule has 1 aromatic heterocycles. The van der Waals surface area contributed by atoms with Crippen molar-refractivity contribution in [2.75, 3.05) is 31.1 Å². The maximum atomic E-state index is 12.9. The summed E-state index contributed by atoms with van der Waals surface area (Å²) < 4.78 is 0. The third kappa shape index (κ3) is 5.23. The van der Waals surface area contributed by atoms with E-state index in [1.54, 1.807) is 17.3 Å². The zero-order chi connectivity index (χ0) is 21.2. The first-order valence-electron chi connectivity index (χ1n) is 10.5. The molecule has 1 aromatic rings. The molecule has 29 heavy (non-hydrogen) atoms. The van der Waals surface area contributed by atoms with Crippen LogP contribution in [0.15, 0.2) is 12.4 Å². The summed E-state index contributed by atoms with van der Waals surface area (Å²) in [4.78, 5) is 38.0. The molecule has 2 N–H and O–H groups in total. The second kappa shape index (κ2) is 8.65. The third-order valence-electron chi connectivity index (χ3n) is 5.85. The van der Waals surface area contributed by atoms with Crippen LogP contribution in [-0.2, 0) is 4.79 Å². The molecule has 2 fully saturated rings. The highest BCUT2D eigenvalue weighted by Gasteiger charge is 2.38. The van der Waals surface area contributed by atoms with E-state index in [1.165, 1.54) is 0 Å². The van der Waals surface area contributed by atoms with Gasteiger partial charge in [0.15, 0.2) is 0 Å². The molecular formula is C21H33N5O3. The van der Waals surface area contributed by atoms with Crippen molar-refractivity contribution >= 4 is 17.5 Å². The van der Waals surface area contributed by atoms with Gasteiger partial charge in [-0.3, -0.25) is 9.59 Å². The SMILES string of the molecule is CC1CCN(c2cnc(C(=O)NC(C(=O)N3CCC(O)C3)C(C)(C)C)nc2)CC1. The van der Waals surface area contributed by atoms with E-state index in [0.717, 1.165) is 37.5 Å². The predicted octanol–water partition coefficient (Wildman–Crippen LogP) is 1.45. The summed E-state index contributed by atoms with van der Waals surface area (Å²) in [6, 6.07) is -0.716. The number of carbonyl (C=O) groups excluding carboxylic acids is 2. The van der Waals surface area contributed by atoms with Crippen LogP contribution in [0, 0.1) is 11.3 Å². The van der Waals surface area contributed by atoms with Gasteiger partial charge in [-0.2, -0.15) is 0 Å². The second-order valence-electron chi connectivity index (χ2n) is 9.43. The van der Waals surface area contributed by atoms with Crippen molar-refractivity contribution in [2.45, 2.75) is 59.1 Å². The van der Waals surface area contributed by atoms with Crippen molar-refractivity contribution < 1.29 is 14.7 Å². The Morgan fingerprint density at radius 2 is 1.76 bits per heavy atom. The number of aliphatic hydroxyl groups is 1. The third-order valence-corrected chi connectivity index (χ3v) is 5.85. The fourth-order valence-corrected chi connectivity index (χ4v) is 3.84. The van der Waals surface area contributed by atoms with Crippen molar-refractivity contribution in [3.05, 3.63) is 18.2 Å². The number of piperidine rings is 1. The number of nitrogens with zero attached hydrogens (tertiary/aromatic N) is 4. The fourth-order valence-electron chi connectivity index (χ4n) is 3.84. The Hall–Kier alpha value is -2.22. The van der Waals surface area contributed by atoms with E-state index < -0.39 is 23.5 Å². The normalized spacial score (nSPS) is 21.9. The standard InChI is InChI=1S/C21H33N5O3/c1-14-5-8-25(9-6-14)15-11-22-18(23-12-15)19(28)24-17(21(2,3)4)20(29)26-10-7-16(27)13-26/h11-12,14,16-17,27H,5-10,13H2,1-4H3,(H,24,28). The molecule has 0 aliphatic carbocycles. The Bertz CT molecular complexity index is 723. The van der Waals surface area contributed by atoms with Crippen molar-refractivity contribution in [2.24, 2.45) is 11.3 Å². The molecular weight excluding hydrogens is 370 g/mol. The van der Waals surface area contributed by atoms with Crippen molar-refractivity contribution in [1.29, 1.82) is 0 Å². The monoisotopic (exact) mass is 403 g/mol. The van der Waals surface area contributed by atoms with Gasteiger partial charge in [0.1, 0.15) is 6.04 Å². The Morgan fingerprint density at radius 1 is 1.14 bits per heavy atom. The van der Waals surface area contributed by atoms with Gasteiger partial charge in [0, 0.05) is 26.2 Å². The van der Waals surface area contributed by atoms with E-state index in [1.807, 2.05) is 20.8 Å². The van der Waals surface area contributed by atoms with E-state index in [9.17, 15) is 14.7 Å². The van der Waals surface area contributed by atoms with Gasteiger partial charge in [-0.05, 0) is 30.6 Å². The lowest BCUT2D eigenvalue weighted by atomic mass is 9.85. The number of carbonyl (C=O) groups is 2. The summed E-state index contributed by atoms with van der Waals surface area (Å²) in [6.07, 6.45) is 5.72. The minimum atomic E-state index is -0.716. The molecule has 0 saturated carbocycles. The molecule has 2 aliphatic rings. The average Bonchev–Trinajstić information content (AvgIpc) is 3.12. The maximum Gasteiger partial charge on any atom is 0.289 e. The first-order chi connectivity index (χ1) is 13.6. The lowest BCUT2D eigenvalue weighted by molar-refractivity contribution is -0.135. The highest BCUT2D eigenvalue weighted by atomic mass is 16.3. The molecule has 0 bridgehead atoms. The van der Waals surface area contributed by atoms with E-state index in [4.69, 9.17) is 0 Å². The number of amides is 2. The second-order valence-corrected chi connectivity index (χ2v) is 9.43. The molecule has 160 valence electrons. The van der Waals surface area contributed by atoms with Crippen LogP contribution in [0.4, 0.5) is 5.69 Å². The topological polar surface area (TPSA) is 98.7 Å². The van der Waals surface area contributed by atoms with Gasteiger partial charge >= 0.3 is 0 Å². The highest BCUT2D eigenvalue weighted by Crippen LogP contribution is 2.24. The lowest BCUT2D eigenvalue weighted by Gasteiger charge is -2.33. The lowest BCUT2D eigenvalue weighted by Crippen LogP contribution is -2.54. The molecule has 0 radical (unpaired) electrons. The number of rotatable bonds is 4. The minimum Gasteiger partial charge on any atom is -0.391 e. The molecule has 0 aromatic carbocycles. The number of β-amino-alcohol motifs (C(OH)–C–C–N with tert-alkyl or cyclic N) is 1. The molecule has 3 heterocycles. The Kier molecular flexibility index (Phi) is 6.41. The summed E-state index contributed by atoms with van der Waals surface area (Å²) in [5.74, 6) is 0.154. The van der Waals surface area contributed by atoms with Crippen LogP contribution in [0.3, 0.4) is 0 Å². The van der Waals surface area contributed by atoms with E-state index in [0.29, 0.717) is 19.5 Å². The van der Waals surface area contributed by atoms with Crippen LogP contribution in [0.1, 0.15) is 57.6 Å². The van der Waals surface area contributed by atoms with Gasteiger partial charge in [0.25, 0.3) is 5.91 Å². The highest BCUT2D eigenvalue weighted by molar-refractivity contribution is 5.95. The number of anilines is 1. The minimum absolute atomic E-state index is 0.0580. The quantitative estimate of drug-likeness (QED) is 0.790. The molecule has 2 unspecified atom stereocenters. The molecule has 8 nitrogen and oxygen atoms in total. The summed E-state index contributed by atoms with van der Waals surface area (Å²) in [6.45, 7) is 10.7. The molecule has 2 saturated heterocycles. The number of hydrogen-bond donors (Lipinski definition) is 2. The number of aromatic nitrogens is 2. The van der Waals surface area contributed by atoms with Gasteiger partial charge in [0.05, 0.1) is 24.2 Å². The number of hydrogen-bond acceptors (Lipinski definition) is 6. The summed E-state index contributed by atoms with van der Waals surface area (Å²) >= 11 is 0. The fraction of sp³-hybridized carbons (Fsp3) is 0.714. The van der Waals surface area contributed by atoms with Crippen LogP contribution in [0.25, 0.3) is 0 Å². The molecule has 8 heteroatoms. The van der Waals surface area contributed by atoms with Crippen LogP contribution in [0.5, 0.6) is 0 Å². The molecule has 2 atom stereocenters. The van der Waals surface area contributed by atoms with Gasteiger partial charge < -0.3 is 20.2 Å². The first-order valence-corrected chi connectivity index (χ1v) is 10.5. The maximum absolute atomic E-state index is 12.9. The van der Waals surface area contributed by atoms with Crippen molar-refractivity contribution in [3.8, 4) is 0 Å². The molecule has 2 amide bonds. The van der Waals surface area contributed by atoms with E-state index in [2.05, 4.69) is 27.1 Å². The summed E-state index contributed by atoms with van der Waals surface area (Å²) in [7, 11) is 0. The van der Waals surface area contributed by atoms with E-state index in [-0.39, 0.29) is 11.7 Å². The van der Waals surface area contributed by atoms with Crippen LogP contribution in [0.2, 0.25) is 0 Å². The number of likely N-dealkylation sites (tertiary alicyclic amines) is 1. The zero-order valence-electron chi connectivity index (χ0n) is 17.9. The first kappa shape index (κ1) is 21.5. The summed E-state index contributed by atoms with van der Waals surface area (Å²) in [5.41, 5.74) is 0.438. The van der Waals surface area contributed by atoms with Gasteiger partial charge in [0.2, 0.25) is 11.7 Å². The molecule has 3 rings (SSSR count). The van der Waals surface area contributed by atoms with Crippen molar-refractivity contribution in [3.63, 3.8) is 0 Å². The van der Waals surface area contributed by atoms with Crippen LogP contribution in [-0.4, -0.2) is 70.1 Å². The average molecular weight is 404 g/mol. The Labute approximate surface area is 172 Å². The Morgan fingerprint density at radius 3 is 2.28 bits per heavy atom. The van der Waals surface area contributed by atoms with Gasteiger partial charge in [-0.15, -0.1) is 0 Å². The number of aliphatic hydroxyl groups excluding tert-OH is 1. The Balaban J connectivity index is 1.67. The van der Waals surface area contributed by atoms with E-state index >= 15 is 0 Å². The number of nitrogens with one attached hydrogen (secondary N) is 1. The largest absolute Gasteiger partial charge is 0.391 e. The van der Waals surface area contributed by atoms with Gasteiger partial charge in [-0.25, -0.2) is 9.97 Å². The molecule has 2 aliphatic heterocycles.